The van der Waals surface area contributed by atoms with Crippen LogP contribution in [-0.4, -0.2) is 46.8 Å². The Morgan fingerprint density at radius 2 is 2.29 bits per heavy atom. The summed E-state index contributed by atoms with van der Waals surface area (Å²) in [6.45, 7) is 7.49. The predicted molar refractivity (Wildman–Crippen MR) is 91.9 cm³/mol. The summed E-state index contributed by atoms with van der Waals surface area (Å²) in [5, 5.41) is 8.52. The Morgan fingerprint density at radius 3 is 3.08 bits per heavy atom. The van der Waals surface area contributed by atoms with Crippen molar-refractivity contribution in [2.75, 3.05) is 26.9 Å². The van der Waals surface area contributed by atoms with Gasteiger partial charge >= 0.3 is 0 Å². The normalized spacial score (nSPS) is 17.5. The zero-order chi connectivity index (χ0) is 16.9. The summed E-state index contributed by atoms with van der Waals surface area (Å²) in [5.41, 5.74) is 3.45. The fourth-order valence-corrected chi connectivity index (χ4v) is 3.27. The minimum absolute atomic E-state index is 0.263. The lowest BCUT2D eigenvalue weighted by molar-refractivity contribution is 0.111. The molecule has 2 heterocycles. The van der Waals surface area contributed by atoms with Crippen molar-refractivity contribution in [2.24, 2.45) is 7.05 Å². The maximum Gasteiger partial charge on any atom is 0.119 e. The number of aromatic nitrogens is 3. The number of benzene rings is 1. The molecule has 6 nitrogen and oxygen atoms in total. The number of hydrogen-bond donors (Lipinski definition) is 0. The van der Waals surface area contributed by atoms with Gasteiger partial charge in [0, 0.05) is 32.6 Å². The summed E-state index contributed by atoms with van der Waals surface area (Å²) in [6.07, 6.45) is 1.78. The molecule has 1 unspecified atom stereocenters. The van der Waals surface area contributed by atoms with Crippen LogP contribution in [0.25, 0.3) is 0 Å². The van der Waals surface area contributed by atoms with Crippen LogP contribution in [0.1, 0.15) is 22.9 Å². The fourth-order valence-electron chi connectivity index (χ4n) is 3.27. The van der Waals surface area contributed by atoms with Crippen molar-refractivity contribution in [3.63, 3.8) is 0 Å². The Labute approximate surface area is 142 Å². The summed E-state index contributed by atoms with van der Waals surface area (Å²) in [4.78, 5) is 2.38. The van der Waals surface area contributed by atoms with E-state index in [2.05, 4.69) is 33.9 Å². The molecule has 1 aliphatic rings. The van der Waals surface area contributed by atoms with Crippen molar-refractivity contribution in [1.29, 1.82) is 0 Å². The first-order valence-corrected chi connectivity index (χ1v) is 8.13. The zero-order valence-electron chi connectivity index (χ0n) is 14.3. The Bertz CT molecular complexity index is 698. The van der Waals surface area contributed by atoms with Gasteiger partial charge in [-0.3, -0.25) is 9.58 Å². The highest BCUT2D eigenvalue weighted by Crippen LogP contribution is 2.28. The smallest absolute Gasteiger partial charge is 0.119 e. The van der Waals surface area contributed by atoms with Crippen LogP contribution in [0, 0.1) is 0 Å². The highest BCUT2D eigenvalue weighted by Gasteiger charge is 2.30. The summed E-state index contributed by atoms with van der Waals surface area (Å²) in [7, 11) is 3.64. The Hall–Kier alpha value is -2.18. The highest BCUT2D eigenvalue weighted by atomic mass is 16.5. The number of nitrogens with zero attached hydrogens (tertiary/aromatic N) is 4. The molecule has 24 heavy (non-hydrogen) atoms. The van der Waals surface area contributed by atoms with E-state index >= 15 is 0 Å². The van der Waals surface area contributed by atoms with E-state index in [1.807, 2.05) is 23.9 Å². The average Bonchev–Trinajstić information content (AvgIpc) is 2.96. The number of hydrogen-bond acceptors (Lipinski definition) is 5. The van der Waals surface area contributed by atoms with Crippen molar-refractivity contribution in [1.82, 2.24) is 19.9 Å². The van der Waals surface area contributed by atoms with E-state index < -0.39 is 0 Å². The molecule has 0 saturated heterocycles. The first kappa shape index (κ1) is 16.7. The van der Waals surface area contributed by atoms with Crippen molar-refractivity contribution in [2.45, 2.75) is 19.0 Å². The molecule has 0 spiro atoms. The number of rotatable bonds is 7. The second-order valence-electron chi connectivity index (χ2n) is 6.09. The SMILES string of the molecule is C=CCOCC1CN(Cc2cccc(OC)c2)Cc2nnn(C)c21. The van der Waals surface area contributed by atoms with Gasteiger partial charge in [0.05, 0.1) is 26.0 Å². The molecule has 1 atom stereocenters. The second kappa shape index (κ2) is 7.59. The summed E-state index contributed by atoms with van der Waals surface area (Å²) in [6, 6.07) is 8.19. The molecule has 128 valence electrons. The Morgan fingerprint density at radius 1 is 1.42 bits per heavy atom. The zero-order valence-corrected chi connectivity index (χ0v) is 14.3. The minimum Gasteiger partial charge on any atom is -0.497 e. The first-order chi connectivity index (χ1) is 11.7. The number of methoxy groups -OCH3 is 1. The van der Waals surface area contributed by atoms with Crippen LogP contribution in [0.4, 0.5) is 0 Å². The van der Waals surface area contributed by atoms with Crippen LogP contribution >= 0.6 is 0 Å². The lowest BCUT2D eigenvalue weighted by Gasteiger charge is -2.32. The van der Waals surface area contributed by atoms with Crippen LogP contribution in [0.2, 0.25) is 0 Å². The lowest BCUT2D eigenvalue weighted by atomic mass is 9.98. The fraction of sp³-hybridized carbons (Fsp3) is 0.444. The molecular weight excluding hydrogens is 304 g/mol. The van der Waals surface area contributed by atoms with Crippen LogP contribution in [-0.2, 0) is 24.9 Å². The molecule has 2 aromatic rings. The van der Waals surface area contributed by atoms with Gasteiger partial charge in [0.2, 0.25) is 0 Å². The van der Waals surface area contributed by atoms with E-state index in [4.69, 9.17) is 9.47 Å². The molecule has 0 amide bonds. The van der Waals surface area contributed by atoms with Crippen molar-refractivity contribution in [3.05, 3.63) is 53.9 Å². The number of aryl methyl sites for hydroxylation is 1. The molecular formula is C18H24N4O2. The monoisotopic (exact) mass is 328 g/mol. The van der Waals surface area contributed by atoms with Gasteiger partial charge in [0.15, 0.2) is 0 Å². The van der Waals surface area contributed by atoms with E-state index in [9.17, 15) is 0 Å². The van der Waals surface area contributed by atoms with E-state index in [0.717, 1.165) is 31.1 Å². The van der Waals surface area contributed by atoms with Gasteiger partial charge in [-0.25, -0.2) is 0 Å². The number of fused-ring (bicyclic) bond motifs is 1. The van der Waals surface area contributed by atoms with E-state index in [1.54, 1.807) is 13.2 Å². The van der Waals surface area contributed by atoms with Crippen LogP contribution in [0.5, 0.6) is 5.75 Å². The van der Waals surface area contributed by atoms with Gasteiger partial charge in [0.25, 0.3) is 0 Å². The Balaban J connectivity index is 1.74. The predicted octanol–water partition coefficient (Wildman–Crippen LogP) is 2.13. The molecule has 3 rings (SSSR count). The first-order valence-electron chi connectivity index (χ1n) is 8.13. The van der Waals surface area contributed by atoms with Gasteiger partial charge in [-0.1, -0.05) is 23.4 Å². The van der Waals surface area contributed by atoms with Crippen molar-refractivity contribution in [3.8, 4) is 5.75 Å². The third-order valence-electron chi connectivity index (χ3n) is 4.28. The van der Waals surface area contributed by atoms with Crippen LogP contribution < -0.4 is 4.74 Å². The topological polar surface area (TPSA) is 52.4 Å². The van der Waals surface area contributed by atoms with Gasteiger partial charge < -0.3 is 9.47 Å². The van der Waals surface area contributed by atoms with Crippen molar-refractivity contribution < 1.29 is 9.47 Å². The number of ether oxygens (including phenoxy) is 2. The second-order valence-corrected chi connectivity index (χ2v) is 6.09. The van der Waals surface area contributed by atoms with E-state index in [1.165, 1.54) is 11.3 Å². The summed E-state index contributed by atoms with van der Waals surface area (Å²) in [5.74, 6) is 1.15. The Kier molecular flexibility index (Phi) is 5.27. The third-order valence-corrected chi connectivity index (χ3v) is 4.28. The molecule has 0 radical (unpaired) electrons. The highest BCUT2D eigenvalue weighted by molar-refractivity contribution is 5.29. The molecule has 0 saturated carbocycles. The van der Waals surface area contributed by atoms with Gasteiger partial charge in [-0.2, -0.15) is 0 Å². The molecule has 6 heteroatoms. The standard InChI is InChI=1S/C18H24N4O2/c1-4-8-24-13-15-11-22(12-17-18(15)21(2)20-19-17)10-14-6-5-7-16(9-14)23-3/h4-7,9,15H,1,8,10-13H2,2-3H3. The quantitative estimate of drug-likeness (QED) is 0.576. The average molecular weight is 328 g/mol. The molecule has 1 aromatic carbocycles. The van der Waals surface area contributed by atoms with Crippen LogP contribution in [0.3, 0.4) is 0 Å². The van der Waals surface area contributed by atoms with E-state index in [-0.39, 0.29) is 5.92 Å². The molecule has 0 N–H and O–H groups in total. The van der Waals surface area contributed by atoms with Gasteiger partial charge in [0.1, 0.15) is 11.4 Å². The van der Waals surface area contributed by atoms with Crippen molar-refractivity contribution >= 4 is 0 Å². The molecule has 0 fully saturated rings. The van der Waals surface area contributed by atoms with E-state index in [0.29, 0.717) is 13.2 Å². The van der Waals surface area contributed by atoms with Gasteiger partial charge in [-0.05, 0) is 17.7 Å². The minimum atomic E-state index is 0.263. The third kappa shape index (κ3) is 3.66. The van der Waals surface area contributed by atoms with Gasteiger partial charge in [-0.15, -0.1) is 11.7 Å². The summed E-state index contributed by atoms with van der Waals surface area (Å²) < 4.78 is 12.9. The van der Waals surface area contributed by atoms with Crippen LogP contribution in [0.15, 0.2) is 36.9 Å². The molecule has 0 aliphatic carbocycles. The lowest BCUT2D eigenvalue weighted by Crippen LogP contribution is -2.36. The maximum atomic E-state index is 5.70. The molecule has 1 aromatic heterocycles. The largest absolute Gasteiger partial charge is 0.497 e. The summed E-state index contributed by atoms with van der Waals surface area (Å²) >= 11 is 0. The molecule has 1 aliphatic heterocycles. The maximum absolute atomic E-state index is 5.70. The molecule has 0 bridgehead atoms.